The van der Waals surface area contributed by atoms with E-state index in [2.05, 4.69) is 12.2 Å². The van der Waals surface area contributed by atoms with Crippen molar-refractivity contribution < 1.29 is 13.2 Å². The molecule has 5 nitrogen and oxygen atoms in total. The minimum atomic E-state index is -4.03. The van der Waals surface area contributed by atoms with E-state index in [9.17, 15) is 13.2 Å². The fourth-order valence-electron chi connectivity index (χ4n) is 3.26. The van der Waals surface area contributed by atoms with E-state index in [0.717, 1.165) is 29.1 Å². The van der Waals surface area contributed by atoms with Gasteiger partial charge in [0.15, 0.2) is 0 Å². The van der Waals surface area contributed by atoms with E-state index in [1.807, 2.05) is 31.2 Å². The second kappa shape index (κ2) is 11.1. The van der Waals surface area contributed by atoms with E-state index in [0.29, 0.717) is 10.7 Å². The van der Waals surface area contributed by atoms with Crippen molar-refractivity contribution in [3.63, 3.8) is 0 Å². The Morgan fingerprint density at radius 2 is 1.61 bits per heavy atom. The van der Waals surface area contributed by atoms with Gasteiger partial charge >= 0.3 is 0 Å². The third-order valence-electron chi connectivity index (χ3n) is 5.14. The van der Waals surface area contributed by atoms with Gasteiger partial charge in [-0.05, 0) is 67.8 Å². The van der Waals surface area contributed by atoms with Crippen molar-refractivity contribution >= 4 is 50.5 Å². The summed E-state index contributed by atoms with van der Waals surface area (Å²) in [5, 5.41) is 3.27. The Kier molecular flexibility index (Phi) is 8.40. The lowest BCUT2D eigenvalue weighted by molar-refractivity contribution is -0.114. The number of unbranched alkanes of at least 4 members (excludes halogenated alkanes) is 1. The fraction of sp³-hybridized carbons (Fsp3) is 0.240. The van der Waals surface area contributed by atoms with E-state index in [1.165, 1.54) is 35.9 Å². The van der Waals surface area contributed by atoms with Crippen LogP contribution < -0.4 is 9.62 Å². The molecule has 1 amide bonds. The number of carbonyl (C=O) groups excluding carboxylic acids is 1. The molecule has 3 aromatic carbocycles. The molecule has 0 fully saturated rings. The highest BCUT2D eigenvalue weighted by Gasteiger charge is 2.27. The highest BCUT2D eigenvalue weighted by atomic mass is 35.5. The van der Waals surface area contributed by atoms with Gasteiger partial charge in [-0.15, -0.1) is 0 Å². The van der Waals surface area contributed by atoms with E-state index in [1.54, 1.807) is 12.1 Å². The maximum absolute atomic E-state index is 13.4. The Balaban J connectivity index is 1.87. The van der Waals surface area contributed by atoms with Gasteiger partial charge in [-0.1, -0.05) is 66.4 Å². The third-order valence-corrected chi connectivity index (χ3v) is 7.67. The van der Waals surface area contributed by atoms with E-state index >= 15 is 0 Å². The number of sulfonamides is 1. The number of nitrogens with one attached hydrogen (secondary N) is 1. The van der Waals surface area contributed by atoms with Gasteiger partial charge in [0.25, 0.3) is 10.0 Å². The number of amides is 1. The predicted molar refractivity (Wildman–Crippen MR) is 136 cm³/mol. The second-order valence-electron chi connectivity index (χ2n) is 7.77. The zero-order valence-corrected chi connectivity index (χ0v) is 20.8. The van der Waals surface area contributed by atoms with Crippen LogP contribution in [0.15, 0.2) is 71.6 Å². The number of hydrogen-bond acceptors (Lipinski definition) is 3. The van der Waals surface area contributed by atoms with E-state index in [-0.39, 0.29) is 15.6 Å². The van der Waals surface area contributed by atoms with Crippen LogP contribution in [0.4, 0.5) is 11.4 Å². The molecule has 0 radical (unpaired) electrons. The van der Waals surface area contributed by atoms with E-state index in [4.69, 9.17) is 23.2 Å². The zero-order valence-electron chi connectivity index (χ0n) is 18.5. The number of carbonyl (C=O) groups is 1. The number of anilines is 2. The van der Waals surface area contributed by atoms with E-state index < -0.39 is 22.5 Å². The summed E-state index contributed by atoms with van der Waals surface area (Å²) in [7, 11) is -4.03. The van der Waals surface area contributed by atoms with Crippen LogP contribution >= 0.6 is 23.2 Å². The van der Waals surface area contributed by atoms with Crippen molar-refractivity contribution in [2.45, 2.75) is 38.0 Å². The molecule has 0 aromatic heterocycles. The van der Waals surface area contributed by atoms with Gasteiger partial charge in [0.1, 0.15) is 6.54 Å². The average molecular weight is 505 g/mol. The lowest BCUT2D eigenvalue weighted by atomic mass is 10.1. The lowest BCUT2D eigenvalue weighted by Gasteiger charge is -2.24. The van der Waals surface area contributed by atoms with Gasteiger partial charge in [-0.3, -0.25) is 9.10 Å². The first-order valence-corrected chi connectivity index (χ1v) is 12.8. The molecule has 0 heterocycles. The maximum atomic E-state index is 13.4. The number of rotatable bonds is 9. The van der Waals surface area contributed by atoms with Crippen LogP contribution in [0.2, 0.25) is 10.0 Å². The molecule has 3 aromatic rings. The van der Waals surface area contributed by atoms with Crippen LogP contribution in [0, 0.1) is 6.92 Å². The van der Waals surface area contributed by atoms with Crippen LogP contribution in [0.25, 0.3) is 0 Å². The summed E-state index contributed by atoms with van der Waals surface area (Å²) in [4.78, 5) is 12.9. The van der Waals surface area contributed by atoms with Crippen LogP contribution in [0.3, 0.4) is 0 Å². The molecule has 33 heavy (non-hydrogen) atoms. The van der Waals surface area contributed by atoms with Crippen molar-refractivity contribution in [2.75, 3.05) is 16.2 Å². The second-order valence-corrected chi connectivity index (χ2v) is 10.4. The maximum Gasteiger partial charge on any atom is 0.264 e. The molecular weight excluding hydrogens is 479 g/mol. The number of benzene rings is 3. The number of halogens is 2. The lowest BCUT2D eigenvalue weighted by Crippen LogP contribution is -2.38. The summed E-state index contributed by atoms with van der Waals surface area (Å²) < 4.78 is 27.9. The van der Waals surface area contributed by atoms with Crippen LogP contribution in [-0.2, 0) is 21.2 Å². The Morgan fingerprint density at radius 1 is 0.939 bits per heavy atom. The van der Waals surface area contributed by atoms with Gasteiger partial charge in [0, 0.05) is 5.69 Å². The number of aryl methyl sites for hydroxylation is 2. The summed E-state index contributed by atoms with van der Waals surface area (Å²) in [6.07, 6.45) is 3.18. The molecule has 1 N–H and O–H groups in total. The molecule has 0 unspecified atom stereocenters. The molecular formula is C25H26Cl2N2O3S. The third kappa shape index (κ3) is 6.50. The van der Waals surface area contributed by atoms with Crippen molar-refractivity contribution in [3.8, 4) is 0 Å². The topological polar surface area (TPSA) is 66.5 Å². The average Bonchev–Trinajstić information content (AvgIpc) is 2.79. The first kappa shape index (κ1) is 25.1. The monoisotopic (exact) mass is 504 g/mol. The molecule has 0 saturated heterocycles. The Hall–Kier alpha value is -2.54. The summed E-state index contributed by atoms with van der Waals surface area (Å²) in [6, 6.07) is 18.5. The molecule has 3 rings (SSSR count). The summed E-state index contributed by atoms with van der Waals surface area (Å²) in [6.45, 7) is 3.58. The Labute approximate surface area is 205 Å². The van der Waals surface area contributed by atoms with Crippen molar-refractivity contribution in [3.05, 3.63) is 87.9 Å². The largest absolute Gasteiger partial charge is 0.325 e. The van der Waals surface area contributed by atoms with Crippen LogP contribution in [-0.4, -0.2) is 20.9 Å². The Morgan fingerprint density at radius 3 is 2.21 bits per heavy atom. The number of hydrogen-bond donors (Lipinski definition) is 1. The quantitative estimate of drug-likeness (QED) is 0.362. The van der Waals surface area contributed by atoms with Crippen LogP contribution in [0.1, 0.15) is 30.9 Å². The van der Waals surface area contributed by atoms with Gasteiger partial charge in [-0.25, -0.2) is 8.42 Å². The molecule has 174 valence electrons. The number of nitrogens with zero attached hydrogens (tertiary/aromatic N) is 1. The molecule has 0 saturated carbocycles. The predicted octanol–water partition coefficient (Wildman–Crippen LogP) is 6.48. The first-order chi connectivity index (χ1) is 15.7. The van der Waals surface area contributed by atoms with Crippen molar-refractivity contribution in [1.82, 2.24) is 0 Å². The molecule has 0 aliphatic rings. The van der Waals surface area contributed by atoms with Gasteiger partial charge in [-0.2, -0.15) is 0 Å². The van der Waals surface area contributed by atoms with Crippen LogP contribution in [0.5, 0.6) is 0 Å². The smallest absolute Gasteiger partial charge is 0.264 e. The fourth-order valence-corrected chi connectivity index (χ4v) is 4.96. The summed E-state index contributed by atoms with van der Waals surface area (Å²) >= 11 is 12.2. The molecule has 0 aliphatic carbocycles. The van der Waals surface area contributed by atoms with Gasteiger partial charge < -0.3 is 5.32 Å². The van der Waals surface area contributed by atoms with Crippen molar-refractivity contribution in [2.24, 2.45) is 0 Å². The standard InChI is InChI=1S/C25H26Cl2N2O3S/c1-3-4-5-19-8-10-20(11-9-19)28-25(30)17-29(21-12-15-23(26)24(27)16-21)33(31,32)22-13-6-18(2)7-14-22/h6-16H,3-5,17H2,1-2H3,(H,28,30). The molecule has 0 aliphatic heterocycles. The summed E-state index contributed by atoms with van der Waals surface area (Å²) in [5.74, 6) is -0.474. The highest BCUT2D eigenvalue weighted by molar-refractivity contribution is 7.92. The highest BCUT2D eigenvalue weighted by Crippen LogP contribution is 2.30. The first-order valence-electron chi connectivity index (χ1n) is 10.6. The molecule has 0 bridgehead atoms. The molecule has 0 spiro atoms. The minimum absolute atomic E-state index is 0.0762. The van der Waals surface area contributed by atoms with Crippen molar-refractivity contribution in [1.29, 1.82) is 0 Å². The summed E-state index contributed by atoms with van der Waals surface area (Å²) in [5.41, 5.74) is 2.96. The zero-order chi connectivity index (χ0) is 24.0. The SMILES string of the molecule is CCCCc1ccc(NC(=O)CN(c2ccc(Cl)c(Cl)c2)S(=O)(=O)c2ccc(C)cc2)cc1. The Bertz CT molecular complexity index is 1210. The normalized spacial score (nSPS) is 11.3. The molecule has 8 heteroatoms. The minimum Gasteiger partial charge on any atom is -0.325 e. The van der Waals surface area contributed by atoms with Gasteiger partial charge in [0.2, 0.25) is 5.91 Å². The van der Waals surface area contributed by atoms with Gasteiger partial charge in [0.05, 0.1) is 20.6 Å². The molecule has 0 atom stereocenters.